The molecule has 1 saturated heterocycles. The van der Waals surface area contributed by atoms with E-state index in [-0.39, 0.29) is 18.4 Å². The zero-order valence-corrected chi connectivity index (χ0v) is 11.9. The van der Waals surface area contributed by atoms with Gasteiger partial charge in [0, 0.05) is 24.8 Å². The number of nitrogens with two attached hydrogens (primary N) is 1. The van der Waals surface area contributed by atoms with Gasteiger partial charge in [0.1, 0.15) is 11.7 Å². The van der Waals surface area contributed by atoms with E-state index in [1.54, 1.807) is 23.2 Å². The molecule has 6 nitrogen and oxygen atoms in total. The Bertz CT molecular complexity index is 586. The van der Waals surface area contributed by atoms with E-state index in [0.717, 1.165) is 0 Å². The molecular weight excluding hydrogens is 268 g/mol. The summed E-state index contributed by atoms with van der Waals surface area (Å²) < 4.78 is 0. The number of pyridine rings is 1. The number of hydrogen-bond donors (Lipinski definition) is 2. The van der Waals surface area contributed by atoms with Gasteiger partial charge in [0.25, 0.3) is 5.91 Å². The van der Waals surface area contributed by atoms with Gasteiger partial charge in [-0.3, -0.25) is 9.59 Å². The van der Waals surface area contributed by atoms with Crippen LogP contribution in [0.15, 0.2) is 18.3 Å². The van der Waals surface area contributed by atoms with Crippen LogP contribution < -0.4 is 11.1 Å². The third-order valence-electron chi connectivity index (χ3n) is 3.30. The lowest BCUT2D eigenvalue weighted by Crippen LogP contribution is -2.57. The van der Waals surface area contributed by atoms with Crippen LogP contribution in [0.2, 0.25) is 0 Å². The Morgan fingerprint density at radius 2 is 2.38 bits per heavy atom. The average Bonchev–Trinajstić information content (AvgIpc) is 2.52. The molecule has 0 aromatic carbocycles. The van der Waals surface area contributed by atoms with E-state index in [1.807, 2.05) is 6.92 Å². The Balaban J connectivity index is 2.17. The Hall–Kier alpha value is -2.39. The normalized spacial score (nSPS) is 17.7. The first-order valence-electron chi connectivity index (χ1n) is 6.91. The van der Waals surface area contributed by atoms with E-state index < -0.39 is 6.04 Å². The summed E-state index contributed by atoms with van der Waals surface area (Å²) in [6, 6.07) is 2.93. The zero-order valence-electron chi connectivity index (χ0n) is 11.9. The lowest BCUT2D eigenvalue weighted by atomic mass is 10.1. The number of rotatable bonds is 2. The largest absolute Gasteiger partial charge is 0.353 e. The van der Waals surface area contributed by atoms with Crippen LogP contribution in [0.1, 0.15) is 29.4 Å². The number of piperazine rings is 1. The van der Waals surface area contributed by atoms with Gasteiger partial charge in [-0.1, -0.05) is 18.8 Å². The van der Waals surface area contributed by atoms with E-state index in [9.17, 15) is 9.59 Å². The zero-order chi connectivity index (χ0) is 15.2. The number of carbonyl (C=O) groups excluding carboxylic acids is 2. The summed E-state index contributed by atoms with van der Waals surface area (Å²) in [5.41, 5.74) is 6.33. The highest BCUT2D eigenvalue weighted by molar-refractivity contribution is 5.96. The molecule has 2 amide bonds. The van der Waals surface area contributed by atoms with Gasteiger partial charge >= 0.3 is 0 Å². The minimum atomic E-state index is -0.426. The van der Waals surface area contributed by atoms with Crippen molar-refractivity contribution in [1.82, 2.24) is 15.2 Å². The van der Waals surface area contributed by atoms with Crippen molar-refractivity contribution in [1.29, 1.82) is 0 Å². The third-order valence-corrected chi connectivity index (χ3v) is 3.30. The van der Waals surface area contributed by atoms with Gasteiger partial charge in [-0.25, -0.2) is 4.98 Å². The van der Waals surface area contributed by atoms with Crippen molar-refractivity contribution >= 4 is 11.8 Å². The molecule has 6 heteroatoms. The second-order valence-electron chi connectivity index (χ2n) is 4.65. The molecule has 110 valence electrons. The second-order valence-corrected chi connectivity index (χ2v) is 4.65. The maximum Gasteiger partial charge on any atom is 0.273 e. The summed E-state index contributed by atoms with van der Waals surface area (Å²) in [5, 5.41) is 2.77. The maximum absolute atomic E-state index is 12.5. The van der Waals surface area contributed by atoms with Crippen LogP contribution in [0, 0.1) is 11.8 Å². The van der Waals surface area contributed by atoms with Gasteiger partial charge in [-0.15, -0.1) is 0 Å². The Morgan fingerprint density at radius 3 is 3.00 bits per heavy atom. The van der Waals surface area contributed by atoms with Gasteiger partial charge in [-0.05, 0) is 18.6 Å². The van der Waals surface area contributed by atoms with Crippen molar-refractivity contribution in [3.05, 3.63) is 29.6 Å². The SMILES string of the molecule is CCC1C(=O)NCCN1C(=O)c1ccc(C#CCN)cn1. The van der Waals surface area contributed by atoms with Crippen molar-refractivity contribution in [2.24, 2.45) is 5.73 Å². The number of amides is 2. The van der Waals surface area contributed by atoms with Crippen LogP contribution in [0.25, 0.3) is 0 Å². The number of nitrogens with one attached hydrogen (secondary N) is 1. The van der Waals surface area contributed by atoms with Crippen molar-refractivity contribution in [3.8, 4) is 11.8 Å². The van der Waals surface area contributed by atoms with Crippen molar-refractivity contribution in [2.45, 2.75) is 19.4 Å². The van der Waals surface area contributed by atoms with E-state index in [1.165, 1.54) is 0 Å². The molecule has 0 bridgehead atoms. The molecular formula is C15H18N4O2. The molecule has 0 saturated carbocycles. The standard InChI is InChI=1S/C15H18N4O2/c1-2-13-14(20)17-8-9-19(13)15(21)12-6-5-11(10-18-12)4-3-7-16/h5-6,10,13H,2,7-9,16H2,1H3,(H,17,20). The Kier molecular flexibility index (Phi) is 4.90. The van der Waals surface area contributed by atoms with Crippen molar-refractivity contribution in [2.75, 3.05) is 19.6 Å². The van der Waals surface area contributed by atoms with E-state index >= 15 is 0 Å². The number of aromatic nitrogens is 1. The molecule has 2 heterocycles. The summed E-state index contributed by atoms with van der Waals surface area (Å²) >= 11 is 0. The van der Waals surface area contributed by atoms with E-state index in [0.29, 0.717) is 30.8 Å². The van der Waals surface area contributed by atoms with Crippen LogP contribution in [-0.4, -0.2) is 47.4 Å². The van der Waals surface area contributed by atoms with Crippen molar-refractivity contribution < 1.29 is 9.59 Å². The number of nitrogens with zero attached hydrogens (tertiary/aromatic N) is 2. The van der Waals surface area contributed by atoms with Crippen LogP contribution in [-0.2, 0) is 4.79 Å². The predicted molar refractivity (Wildman–Crippen MR) is 78.3 cm³/mol. The Labute approximate surface area is 123 Å². The molecule has 21 heavy (non-hydrogen) atoms. The Morgan fingerprint density at radius 1 is 1.57 bits per heavy atom. The summed E-state index contributed by atoms with van der Waals surface area (Å²) in [6.45, 7) is 3.14. The highest BCUT2D eigenvalue weighted by Gasteiger charge is 2.32. The fourth-order valence-corrected chi connectivity index (χ4v) is 2.26. The summed E-state index contributed by atoms with van der Waals surface area (Å²) in [4.78, 5) is 30.0. The molecule has 1 fully saturated rings. The lowest BCUT2D eigenvalue weighted by Gasteiger charge is -2.34. The van der Waals surface area contributed by atoms with Crippen LogP contribution in [0.4, 0.5) is 0 Å². The third kappa shape index (κ3) is 3.38. The minimum Gasteiger partial charge on any atom is -0.353 e. The van der Waals surface area contributed by atoms with Crippen LogP contribution in [0.5, 0.6) is 0 Å². The van der Waals surface area contributed by atoms with Crippen LogP contribution >= 0.6 is 0 Å². The van der Waals surface area contributed by atoms with Crippen molar-refractivity contribution in [3.63, 3.8) is 0 Å². The fourth-order valence-electron chi connectivity index (χ4n) is 2.26. The molecule has 0 spiro atoms. The summed E-state index contributed by atoms with van der Waals surface area (Å²) in [7, 11) is 0. The summed E-state index contributed by atoms with van der Waals surface area (Å²) in [6.07, 6.45) is 2.12. The average molecular weight is 286 g/mol. The first kappa shape index (κ1) is 15.0. The molecule has 0 radical (unpaired) electrons. The molecule has 2 rings (SSSR count). The molecule has 1 aliphatic heterocycles. The topological polar surface area (TPSA) is 88.3 Å². The maximum atomic E-state index is 12.5. The number of hydrogen-bond acceptors (Lipinski definition) is 4. The quantitative estimate of drug-likeness (QED) is 0.733. The number of carbonyl (C=O) groups is 2. The highest BCUT2D eigenvalue weighted by atomic mass is 16.2. The van der Waals surface area contributed by atoms with Gasteiger partial charge in [0.05, 0.1) is 6.54 Å². The first-order chi connectivity index (χ1) is 10.2. The molecule has 1 aromatic heterocycles. The molecule has 1 aliphatic rings. The molecule has 0 aliphatic carbocycles. The molecule has 1 atom stereocenters. The van der Waals surface area contributed by atoms with E-state index in [2.05, 4.69) is 22.1 Å². The minimum absolute atomic E-state index is 0.109. The van der Waals surface area contributed by atoms with Crippen LogP contribution in [0.3, 0.4) is 0 Å². The summed E-state index contributed by atoms with van der Waals surface area (Å²) in [5.74, 6) is 5.24. The first-order valence-corrected chi connectivity index (χ1v) is 6.91. The molecule has 3 N–H and O–H groups in total. The smallest absolute Gasteiger partial charge is 0.273 e. The molecule has 1 unspecified atom stereocenters. The van der Waals surface area contributed by atoms with E-state index in [4.69, 9.17) is 5.73 Å². The monoisotopic (exact) mass is 286 g/mol. The fraction of sp³-hybridized carbons (Fsp3) is 0.400. The second kappa shape index (κ2) is 6.86. The predicted octanol–water partition coefficient (Wildman–Crippen LogP) is -0.258. The van der Waals surface area contributed by atoms with Gasteiger partial charge in [-0.2, -0.15) is 0 Å². The highest BCUT2D eigenvalue weighted by Crippen LogP contribution is 2.12. The lowest BCUT2D eigenvalue weighted by molar-refractivity contribution is -0.127. The molecule has 1 aromatic rings. The van der Waals surface area contributed by atoms with Gasteiger partial charge in [0.2, 0.25) is 5.91 Å². The van der Waals surface area contributed by atoms with Gasteiger partial charge in [0.15, 0.2) is 0 Å². The van der Waals surface area contributed by atoms with Gasteiger partial charge < -0.3 is 16.0 Å².